The number of ether oxygens (including phenoxy) is 1. The number of nitrogens with two attached hydrogens (primary N) is 1. The van der Waals surface area contributed by atoms with Gasteiger partial charge in [0.25, 0.3) is 0 Å². The fraction of sp³-hybridized carbons (Fsp3) is 0.562. The maximum atomic E-state index is 12.3. The molecule has 4 nitrogen and oxygen atoms in total. The van der Waals surface area contributed by atoms with E-state index in [1.54, 1.807) is 12.1 Å². The quantitative estimate of drug-likeness (QED) is 0.812. The molecule has 0 radical (unpaired) electrons. The van der Waals surface area contributed by atoms with Gasteiger partial charge in [-0.25, -0.2) is 0 Å². The zero-order valence-electron chi connectivity index (χ0n) is 13.1. The van der Waals surface area contributed by atoms with Gasteiger partial charge >= 0.3 is 6.36 Å². The van der Waals surface area contributed by atoms with Crippen LogP contribution in [0.1, 0.15) is 31.2 Å². The van der Waals surface area contributed by atoms with Crippen molar-refractivity contribution in [3.63, 3.8) is 0 Å². The van der Waals surface area contributed by atoms with Crippen LogP contribution in [0.5, 0.6) is 5.75 Å². The molecule has 2 atom stereocenters. The highest BCUT2D eigenvalue weighted by Crippen LogP contribution is 2.27. The molecule has 0 spiro atoms. The van der Waals surface area contributed by atoms with E-state index >= 15 is 0 Å². The lowest BCUT2D eigenvalue weighted by molar-refractivity contribution is -0.274. The van der Waals surface area contributed by atoms with Crippen molar-refractivity contribution < 1.29 is 22.7 Å². The molecule has 1 aromatic rings. The van der Waals surface area contributed by atoms with E-state index in [1.165, 1.54) is 12.1 Å². The predicted molar refractivity (Wildman–Crippen MR) is 87.0 cm³/mol. The third-order valence-electron chi connectivity index (χ3n) is 4.08. The number of rotatable bonds is 6. The van der Waals surface area contributed by atoms with Gasteiger partial charge in [0.15, 0.2) is 0 Å². The Balaban J connectivity index is 0.00000288. The van der Waals surface area contributed by atoms with E-state index in [4.69, 9.17) is 5.73 Å². The molecular formula is C16H22ClF3N2O2. The Morgan fingerprint density at radius 3 is 2.62 bits per heavy atom. The van der Waals surface area contributed by atoms with Gasteiger partial charge in [-0.05, 0) is 36.8 Å². The normalized spacial score (nSPS) is 20.3. The molecule has 1 aliphatic carbocycles. The van der Waals surface area contributed by atoms with Gasteiger partial charge in [0.05, 0.1) is 0 Å². The van der Waals surface area contributed by atoms with Crippen molar-refractivity contribution in [2.45, 2.75) is 44.5 Å². The standard InChI is InChI=1S/C16H21F3N2O2.ClH/c17-16(18,19)23-14-7-2-1-4-11(14)8-9-21-15(22)10-12-5-3-6-13(12)20;/h1-2,4,7,12-13H,3,5-6,8-10,20H2,(H,21,22);1H/t12-,13+;/m0./s1. The molecule has 0 unspecified atom stereocenters. The maximum absolute atomic E-state index is 12.3. The van der Waals surface area contributed by atoms with Crippen molar-refractivity contribution in [2.24, 2.45) is 11.7 Å². The van der Waals surface area contributed by atoms with Crippen LogP contribution in [-0.2, 0) is 11.2 Å². The van der Waals surface area contributed by atoms with Gasteiger partial charge in [-0.15, -0.1) is 25.6 Å². The lowest BCUT2D eigenvalue weighted by Crippen LogP contribution is -2.32. The molecule has 8 heteroatoms. The second kappa shape index (κ2) is 9.13. The minimum atomic E-state index is -4.72. The average molecular weight is 367 g/mol. The van der Waals surface area contributed by atoms with Crippen molar-refractivity contribution in [3.05, 3.63) is 29.8 Å². The second-order valence-corrected chi connectivity index (χ2v) is 5.81. The number of carbonyl (C=O) groups excluding carboxylic acids is 1. The first-order valence-corrected chi connectivity index (χ1v) is 7.71. The topological polar surface area (TPSA) is 64.4 Å². The molecule has 0 aliphatic heterocycles. The molecule has 0 saturated heterocycles. The summed E-state index contributed by atoms with van der Waals surface area (Å²) in [5, 5.41) is 2.74. The fourth-order valence-electron chi connectivity index (χ4n) is 2.90. The highest BCUT2D eigenvalue weighted by Gasteiger charge is 2.32. The van der Waals surface area contributed by atoms with Crippen molar-refractivity contribution in [2.75, 3.05) is 6.54 Å². The first kappa shape index (κ1) is 20.6. The van der Waals surface area contributed by atoms with E-state index in [1.807, 2.05) is 0 Å². The molecule has 3 N–H and O–H groups in total. The molecule has 0 bridgehead atoms. The third-order valence-corrected chi connectivity index (χ3v) is 4.08. The van der Waals surface area contributed by atoms with Crippen LogP contribution in [0.2, 0.25) is 0 Å². The van der Waals surface area contributed by atoms with Crippen LogP contribution >= 0.6 is 12.4 Å². The van der Waals surface area contributed by atoms with Crippen LogP contribution < -0.4 is 15.8 Å². The lowest BCUT2D eigenvalue weighted by atomic mass is 10.00. The largest absolute Gasteiger partial charge is 0.573 e. The van der Waals surface area contributed by atoms with Crippen molar-refractivity contribution in [1.82, 2.24) is 5.32 Å². The van der Waals surface area contributed by atoms with Gasteiger partial charge in [0, 0.05) is 19.0 Å². The number of para-hydroxylation sites is 1. The molecule has 1 fully saturated rings. The molecule has 24 heavy (non-hydrogen) atoms. The Bertz CT molecular complexity index is 540. The van der Waals surface area contributed by atoms with E-state index in [2.05, 4.69) is 10.1 Å². The Morgan fingerprint density at radius 2 is 2.00 bits per heavy atom. The predicted octanol–water partition coefficient (Wildman–Crippen LogP) is 3.18. The highest BCUT2D eigenvalue weighted by molar-refractivity contribution is 5.85. The van der Waals surface area contributed by atoms with E-state index in [0.717, 1.165) is 19.3 Å². The summed E-state index contributed by atoms with van der Waals surface area (Å²) in [6, 6.07) is 6.01. The maximum Gasteiger partial charge on any atom is 0.573 e. The Labute approximate surface area is 145 Å². The van der Waals surface area contributed by atoms with Crippen LogP contribution in [0.4, 0.5) is 13.2 Å². The molecule has 136 valence electrons. The third kappa shape index (κ3) is 6.57. The number of alkyl halides is 3. The molecule has 1 aromatic carbocycles. The zero-order valence-corrected chi connectivity index (χ0v) is 14.0. The smallest absolute Gasteiger partial charge is 0.406 e. The highest BCUT2D eigenvalue weighted by atomic mass is 35.5. The summed E-state index contributed by atoms with van der Waals surface area (Å²) in [6.45, 7) is 0.263. The summed E-state index contributed by atoms with van der Waals surface area (Å²) in [5.74, 6) is -0.135. The number of nitrogens with one attached hydrogen (secondary N) is 1. The van der Waals surface area contributed by atoms with Crippen LogP contribution in [0.3, 0.4) is 0 Å². The molecule has 1 saturated carbocycles. The monoisotopic (exact) mass is 366 g/mol. The lowest BCUT2D eigenvalue weighted by Gasteiger charge is -2.15. The van der Waals surface area contributed by atoms with Gasteiger partial charge in [-0.1, -0.05) is 24.6 Å². The van der Waals surface area contributed by atoms with Gasteiger partial charge < -0.3 is 15.8 Å². The molecule has 0 aromatic heterocycles. The first-order valence-electron chi connectivity index (χ1n) is 7.71. The van der Waals surface area contributed by atoms with Gasteiger partial charge in [-0.3, -0.25) is 4.79 Å². The Morgan fingerprint density at radius 1 is 1.29 bits per heavy atom. The molecule has 1 amide bonds. The Hall–Kier alpha value is -1.47. The van der Waals surface area contributed by atoms with Crippen LogP contribution in [0, 0.1) is 5.92 Å². The molecule has 2 rings (SSSR count). The number of amides is 1. The second-order valence-electron chi connectivity index (χ2n) is 5.81. The fourth-order valence-corrected chi connectivity index (χ4v) is 2.90. The molecule has 1 aliphatic rings. The van der Waals surface area contributed by atoms with E-state index in [9.17, 15) is 18.0 Å². The van der Waals surface area contributed by atoms with Crippen LogP contribution in [0.15, 0.2) is 24.3 Å². The number of hydrogen-bond acceptors (Lipinski definition) is 3. The van der Waals surface area contributed by atoms with E-state index in [-0.39, 0.29) is 49.0 Å². The summed E-state index contributed by atoms with van der Waals surface area (Å²) in [4.78, 5) is 11.9. The number of halogens is 4. The molecular weight excluding hydrogens is 345 g/mol. The Kier molecular flexibility index (Phi) is 7.83. The van der Waals surface area contributed by atoms with E-state index in [0.29, 0.717) is 12.0 Å². The van der Waals surface area contributed by atoms with E-state index < -0.39 is 6.36 Å². The number of carbonyl (C=O) groups is 1. The van der Waals surface area contributed by atoms with Gasteiger partial charge in [0.2, 0.25) is 5.91 Å². The van der Waals surface area contributed by atoms with Gasteiger partial charge in [0.1, 0.15) is 5.75 Å². The average Bonchev–Trinajstić information content (AvgIpc) is 2.84. The van der Waals surface area contributed by atoms with Gasteiger partial charge in [-0.2, -0.15) is 0 Å². The summed E-state index contributed by atoms with van der Waals surface area (Å²) >= 11 is 0. The van der Waals surface area contributed by atoms with Crippen molar-refractivity contribution in [3.8, 4) is 5.75 Å². The van der Waals surface area contributed by atoms with Crippen molar-refractivity contribution in [1.29, 1.82) is 0 Å². The summed E-state index contributed by atoms with van der Waals surface area (Å²) in [6.07, 6.45) is -1.13. The summed E-state index contributed by atoms with van der Waals surface area (Å²) in [5.41, 5.74) is 6.33. The van der Waals surface area contributed by atoms with Crippen molar-refractivity contribution >= 4 is 18.3 Å². The van der Waals surface area contributed by atoms with Crippen LogP contribution in [0.25, 0.3) is 0 Å². The SMILES string of the molecule is Cl.N[C@@H]1CCC[C@H]1CC(=O)NCCc1ccccc1OC(F)(F)F. The molecule has 0 heterocycles. The summed E-state index contributed by atoms with van der Waals surface area (Å²) < 4.78 is 41.0. The summed E-state index contributed by atoms with van der Waals surface area (Å²) in [7, 11) is 0. The zero-order chi connectivity index (χ0) is 16.9. The number of hydrogen-bond donors (Lipinski definition) is 2. The minimum Gasteiger partial charge on any atom is -0.406 e. The first-order chi connectivity index (χ1) is 10.8. The minimum absolute atomic E-state index is 0. The number of benzene rings is 1. The van der Waals surface area contributed by atoms with Crippen LogP contribution in [-0.4, -0.2) is 24.9 Å².